The van der Waals surface area contributed by atoms with Gasteiger partial charge in [-0.2, -0.15) is 11.8 Å². The van der Waals surface area contributed by atoms with Crippen LogP contribution in [0.2, 0.25) is 0 Å². The number of hydrogen-bond acceptors (Lipinski definition) is 4. The zero-order valence-corrected chi connectivity index (χ0v) is 7.77. The Labute approximate surface area is 75.8 Å². The molecule has 0 unspecified atom stereocenters. The molecule has 2 rings (SSSR count). The highest BCUT2D eigenvalue weighted by molar-refractivity contribution is 8.00. The molecule has 1 fully saturated rings. The van der Waals surface area contributed by atoms with Crippen molar-refractivity contribution in [3.63, 3.8) is 0 Å². The number of rotatable bonds is 1. The maximum absolute atomic E-state index is 5.62. The van der Waals surface area contributed by atoms with E-state index in [0.29, 0.717) is 11.6 Å². The summed E-state index contributed by atoms with van der Waals surface area (Å²) in [5.41, 5.74) is 7.20. The Kier molecular flexibility index (Phi) is 1.92. The molecule has 2 N–H and O–H groups in total. The maximum atomic E-state index is 5.62. The quantitative estimate of drug-likeness (QED) is 0.707. The van der Waals surface area contributed by atoms with Gasteiger partial charge in [-0.1, -0.05) is 0 Å². The van der Waals surface area contributed by atoms with E-state index in [0.717, 1.165) is 23.0 Å². The number of anilines is 1. The van der Waals surface area contributed by atoms with Crippen LogP contribution in [0.4, 0.5) is 5.69 Å². The second-order valence-electron chi connectivity index (χ2n) is 3.00. The molecule has 0 amide bonds. The number of thioether (sulfide) groups is 1. The molecule has 1 aliphatic rings. The van der Waals surface area contributed by atoms with Crippen molar-refractivity contribution in [2.75, 3.05) is 17.2 Å². The molecule has 2 heterocycles. The van der Waals surface area contributed by atoms with Gasteiger partial charge >= 0.3 is 0 Å². The van der Waals surface area contributed by atoms with Crippen molar-refractivity contribution >= 4 is 17.4 Å². The zero-order chi connectivity index (χ0) is 8.55. The van der Waals surface area contributed by atoms with Gasteiger partial charge in [0, 0.05) is 17.4 Å². The second-order valence-corrected chi connectivity index (χ2v) is 4.08. The van der Waals surface area contributed by atoms with Crippen molar-refractivity contribution in [1.29, 1.82) is 0 Å². The van der Waals surface area contributed by atoms with E-state index in [9.17, 15) is 0 Å². The lowest BCUT2D eigenvalue weighted by Crippen LogP contribution is -2.19. The first-order valence-electron chi connectivity index (χ1n) is 3.94. The summed E-state index contributed by atoms with van der Waals surface area (Å²) in [7, 11) is 0. The number of nitrogen functional groups attached to an aromatic ring is 1. The summed E-state index contributed by atoms with van der Waals surface area (Å²) in [4.78, 5) is 8.56. The lowest BCUT2D eigenvalue weighted by atomic mass is 10.2. The number of aryl methyl sites for hydroxylation is 1. The van der Waals surface area contributed by atoms with Crippen molar-refractivity contribution in [2.24, 2.45) is 0 Å². The number of aromatic nitrogens is 2. The van der Waals surface area contributed by atoms with Gasteiger partial charge in [0.25, 0.3) is 0 Å². The van der Waals surface area contributed by atoms with Crippen LogP contribution in [0.1, 0.15) is 17.4 Å². The monoisotopic (exact) mass is 181 g/mol. The normalized spacial score (nSPS) is 17.4. The third kappa shape index (κ3) is 1.27. The van der Waals surface area contributed by atoms with E-state index < -0.39 is 0 Å². The van der Waals surface area contributed by atoms with E-state index in [-0.39, 0.29) is 0 Å². The molecule has 1 aromatic heterocycles. The molecule has 1 aromatic rings. The van der Waals surface area contributed by atoms with Gasteiger partial charge in [0.1, 0.15) is 5.82 Å². The van der Waals surface area contributed by atoms with Gasteiger partial charge in [-0.3, -0.25) is 0 Å². The van der Waals surface area contributed by atoms with Crippen LogP contribution in [0.15, 0.2) is 6.20 Å². The van der Waals surface area contributed by atoms with Crippen LogP contribution in [0, 0.1) is 6.92 Å². The van der Waals surface area contributed by atoms with Gasteiger partial charge in [0.2, 0.25) is 0 Å². The fraction of sp³-hybridized carbons (Fsp3) is 0.500. The average Bonchev–Trinajstić information content (AvgIpc) is 1.93. The number of nitrogens with zero attached hydrogens (tertiary/aromatic N) is 2. The summed E-state index contributed by atoms with van der Waals surface area (Å²) in [6.07, 6.45) is 1.71. The fourth-order valence-electron chi connectivity index (χ4n) is 1.08. The summed E-state index contributed by atoms with van der Waals surface area (Å²) < 4.78 is 0. The topological polar surface area (TPSA) is 51.8 Å². The Balaban J connectivity index is 2.27. The van der Waals surface area contributed by atoms with Crippen LogP contribution in [-0.4, -0.2) is 21.5 Å². The van der Waals surface area contributed by atoms with Crippen LogP contribution >= 0.6 is 11.8 Å². The van der Waals surface area contributed by atoms with Crippen molar-refractivity contribution in [1.82, 2.24) is 9.97 Å². The highest BCUT2D eigenvalue weighted by Gasteiger charge is 2.22. The number of hydrogen-bond donors (Lipinski definition) is 1. The molecular weight excluding hydrogens is 170 g/mol. The van der Waals surface area contributed by atoms with Crippen LogP contribution < -0.4 is 5.73 Å². The van der Waals surface area contributed by atoms with Crippen molar-refractivity contribution in [3.05, 3.63) is 17.7 Å². The largest absolute Gasteiger partial charge is 0.396 e. The van der Waals surface area contributed by atoms with Gasteiger partial charge in [0.05, 0.1) is 17.6 Å². The third-order valence-electron chi connectivity index (χ3n) is 2.04. The van der Waals surface area contributed by atoms with E-state index in [1.807, 2.05) is 18.7 Å². The summed E-state index contributed by atoms with van der Waals surface area (Å²) in [5.74, 6) is 3.84. The molecule has 12 heavy (non-hydrogen) atoms. The Morgan fingerprint density at radius 3 is 2.83 bits per heavy atom. The highest BCUT2D eigenvalue weighted by atomic mass is 32.2. The highest BCUT2D eigenvalue weighted by Crippen LogP contribution is 2.31. The molecule has 4 heteroatoms. The minimum absolute atomic E-state index is 0.564. The first-order chi connectivity index (χ1) is 5.77. The van der Waals surface area contributed by atoms with Crippen LogP contribution in [0.3, 0.4) is 0 Å². The third-order valence-corrected chi connectivity index (χ3v) is 3.32. The van der Waals surface area contributed by atoms with Gasteiger partial charge in [-0.15, -0.1) is 0 Å². The van der Waals surface area contributed by atoms with Crippen molar-refractivity contribution in [3.8, 4) is 0 Å². The SMILES string of the molecule is Cc1nc(C2CSC2)ncc1N. The fourth-order valence-corrected chi connectivity index (χ4v) is 1.85. The van der Waals surface area contributed by atoms with Gasteiger partial charge in [0.15, 0.2) is 0 Å². The molecular formula is C8H11N3S. The molecule has 0 radical (unpaired) electrons. The molecule has 3 nitrogen and oxygen atoms in total. The molecule has 0 atom stereocenters. The predicted octanol–water partition coefficient (Wildman–Crippen LogP) is 1.20. The standard InChI is InChI=1S/C8H11N3S/c1-5-7(9)2-10-8(11-5)6-3-12-4-6/h2,6H,3-4,9H2,1H3. The summed E-state index contributed by atoms with van der Waals surface area (Å²) in [6.45, 7) is 1.92. The van der Waals surface area contributed by atoms with Gasteiger partial charge in [-0.25, -0.2) is 9.97 Å². The van der Waals surface area contributed by atoms with Gasteiger partial charge in [-0.05, 0) is 6.92 Å². The summed E-state index contributed by atoms with van der Waals surface area (Å²) in [6, 6.07) is 0. The average molecular weight is 181 g/mol. The van der Waals surface area contributed by atoms with E-state index in [2.05, 4.69) is 9.97 Å². The van der Waals surface area contributed by atoms with E-state index in [1.165, 1.54) is 0 Å². The molecule has 64 valence electrons. The minimum atomic E-state index is 0.564. The van der Waals surface area contributed by atoms with Crippen LogP contribution in [0.5, 0.6) is 0 Å². The van der Waals surface area contributed by atoms with Crippen LogP contribution in [-0.2, 0) is 0 Å². The van der Waals surface area contributed by atoms with E-state index >= 15 is 0 Å². The molecule has 0 spiro atoms. The van der Waals surface area contributed by atoms with Crippen LogP contribution in [0.25, 0.3) is 0 Å². The summed E-state index contributed by atoms with van der Waals surface area (Å²) >= 11 is 1.94. The zero-order valence-electron chi connectivity index (χ0n) is 6.95. The lowest BCUT2D eigenvalue weighted by Gasteiger charge is -2.23. The van der Waals surface area contributed by atoms with Crippen molar-refractivity contribution < 1.29 is 0 Å². The molecule has 0 aliphatic carbocycles. The Morgan fingerprint density at radius 1 is 1.58 bits per heavy atom. The molecule has 1 saturated heterocycles. The van der Waals surface area contributed by atoms with Crippen molar-refractivity contribution in [2.45, 2.75) is 12.8 Å². The molecule has 0 saturated carbocycles. The van der Waals surface area contributed by atoms with Gasteiger partial charge < -0.3 is 5.73 Å². The smallest absolute Gasteiger partial charge is 0.133 e. The maximum Gasteiger partial charge on any atom is 0.133 e. The van der Waals surface area contributed by atoms with E-state index in [1.54, 1.807) is 6.20 Å². The first kappa shape index (κ1) is 7.86. The molecule has 0 aromatic carbocycles. The molecule has 0 bridgehead atoms. The Bertz CT molecular complexity index is 296. The second kappa shape index (κ2) is 2.94. The minimum Gasteiger partial charge on any atom is -0.396 e. The Hall–Kier alpha value is -0.770. The van der Waals surface area contributed by atoms with E-state index in [4.69, 9.17) is 5.73 Å². The first-order valence-corrected chi connectivity index (χ1v) is 5.09. The summed E-state index contributed by atoms with van der Waals surface area (Å²) in [5, 5.41) is 0. The Morgan fingerprint density at radius 2 is 2.33 bits per heavy atom. The number of nitrogens with two attached hydrogens (primary N) is 1. The lowest BCUT2D eigenvalue weighted by molar-refractivity contribution is 0.757. The molecule has 1 aliphatic heterocycles. The predicted molar refractivity (Wildman–Crippen MR) is 51.2 cm³/mol.